The Morgan fingerprint density at radius 3 is 2.36 bits per heavy atom. The van der Waals surface area contributed by atoms with E-state index in [4.69, 9.17) is 37.7 Å². The Morgan fingerprint density at radius 1 is 0.964 bits per heavy atom. The van der Waals surface area contributed by atoms with Gasteiger partial charge in [0, 0.05) is 22.2 Å². The second-order valence-electron chi connectivity index (χ2n) is 6.67. The molecule has 1 aliphatic heterocycles. The maximum Gasteiger partial charge on any atom is 0.161 e. The number of hydrogen-bond acceptors (Lipinski definition) is 3. The first-order valence-electron chi connectivity index (χ1n) is 9.72. The SMILES string of the molecule is CCCOc1cc2c(cc1OCCC)C(C=Cc1ccc(Cl)cc1Cl)=NCC2. The molecular formula is C23H25Cl2NO2. The van der Waals surface area contributed by atoms with Crippen LogP contribution in [-0.4, -0.2) is 25.5 Å². The Labute approximate surface area is 177 Å². The number of rotatable bonds is 8. The van der Waals surface area contributed by atoms with Gasteiger partial charge in [0.2, 0.25) is 0 Å². The van der Waals surface area contributed by atoms with Crippen LogP contribution in [0.1, 0.15) is 43.4 Å². The van der Waals surface area contributed by atoms with Gasteiger partial charge in [-0.25, -0.2) is 0 Å². The van der Waals surface area contributed by atoms with E-state index in [9.17, 15) is 0 Å². The molecule has 148 valence electrons. The molecule has 0 saturated carbocycles. The monoisotopic (exact) mass is 417 g/mol. The maximum absolute atomic E-state index is 6.29. The maximum atomic E-state index is 6.29. The van der Waals surface area contributed by atoms with Gasteiger partial charge in [-0.2, -0.15) is 0 Å². The van der Waals surface area contributed by atoms with Gasteiger partial charge in [-0.15, -0.1) is 0 Å². The van der Waals surface area contributed by atoms with Crippen molar-refractivity contribution >= 4 is 35.0 Å². The Hall–Kier alpha value is -1.97. The fourth-order valence-corrected chi connectivity index (χ4v) is 3.50. The Kier molecular flexibility index (Phi) is 7.41. The lowest BCUT2D eigenvalue weighted by atomic mass is 9.96. The minimum absolute atomic E-state index is 0.621. The standard InChI is InChI=1S/C23H25Cl2NO2/c1-3-11-27-22-13-17-9-10-26-21(19(17)15-23(22)28-12-4-2)8-6-16-5-7-18(24)14-20(16)25/h5-8,13-15H,3-4,9-12H2,1-2H3. The molecule has 0 bridgehead atoms. The first-order chi connectivity index (χ1) is 13.6. The van der Waals surface area contributed by atoms with Crippen LogP contribution in [0, 0.1) is 0 Å². The van der Waals surface area contributed by atoms with Crippen LogP contribution in [0.25, 0.3) is 6.08 Å². The zero-order chi connectivity index (χ0) is 19.9. The van der Waals surface area contributed by atoms with Crippen LogP contribution in [0.3, 0.4) is 0 Å². The molecule has 0 N–H and O–H groups in total. The third-order valence-corrected chi connectivity index (χ3v) is 4.98. The summed E-state index contributed by atoms with van der Waals surface area (Å²) in [4.78, 5) is 4.71. The van der Waals surface area contributed by atoms with Gasteiger partial charge in [0.15, 0.2) is 11.5 Å². The van der Waals surface area contributed by atoms with E-state index < -0.39 is 0 Å². The van der Waals surface area contributed by atoms with Crippen molar-refractivity contribution in [1.82, 2.24) is 0 Å². The highest BCUT2D eigenvalue weighted by Gasteiger charge is 2.18. The van der Waals surface area contributed by atoms with Gasteiger partial charge >= 0.3 is 0 Å². The van der Waals surface area contributed by atoms with Gasteiger partial charge in [0.1, 0.15) is 0 Å². The van der Waals surface area contributed by atoms with E-state index in [0.717, 1.165) is 54.1 Å². The molecule has 1 heterocycles. The molecule has 0 saturated heterocycles. The van der Waals surface area contributed by atoms with Crippen molar-refractivity contribution < 1.29 is 9.47 Å². The van der Waals surface area contributed by atoms with Crippen LogP contribution >= 0.6 is 23.2 Å². The predicted molar refractivity (Wildman–Crippen MR) is 119 cm³/mol. The number of hydrogen-bond donors (Lipinski definition) is 0. The summed E-state index contributed by atoms with van der Waals surface area (Å²) in [5, 5.41) is 1.25. The van der Waals surface area contributed by atoms with Crippen molar-refractivity contribution in [1.29, 1.82) is 0 Å². The topological polar surface area (TPSA) is 30.8 Å². The summed E-state index contributed by atoms with van der Waals surface area (Å²) in [6.45, 7) is 6.28. The number of aliphatic imine (C=N–C) groups is 1. The van der Waals surface area contributed by atoms with Crippen molar-refractivity contribution in [2.45, 2.75) is 33.1 Å². The van der Waals surface area contributed by atoms with E-state index in [0.29, 0.717) is 23.3 Å². The van der Waals surface area contributed by atoms with E-state index >= 15 is 0 Å². The Bertz CT molecular complexity index is 890. The smallest absolute Gasteiger partial charge is 0.161 e. The quantitative estimate of drug-likeness (QED) is 0.482. The zero-order valence-electron chi connectivity index (χ0n) is 16.3. The highest BCUT2D eigenvalue weighted by atomic mass is 35.5. The molecule has 0 aromatic heterocycles. The number of nitrogens with zero attached hydrogens (tertiary/aromatic N) is 1. The molecule has 0 spiro atoms. The summed E-state index contributed by atoms with van der Waals surface area (Å²) in [6.07, 6.45) is 6.77. The van der Waals surface area contributed by atoms with Crippen LogP contribution < -0.4 is 9.47 Å². The van der Waals surface area contributed by atoms with E-state index in [1.54, 1.807) is 6.07 Å². The van der Waals surface area contributed by atoms with Crippen molar-refractivity contribution in [2.75, 3.05) is 19.8 Å². The third kappa shape index (κ3) is 5.09. The van der Waals surface area contributed by atoms with Gasteiger partial charge in [0.05, 0.1) is 18.9 Å². The third-order valence-electron chi connectivity index (χ3n) is 4.42. The first-order valence-corrected chi connectivity index (χ1v) is 10.5. The van der Waals surface area contributed by atoms with Gasteiger partial charge < -0.3 is 9.47 Å². The molecule has 3 rings (SSSR count). The number of halogens is 2. The molecule has 28 heavy (non-hydrogen) atoms. The number of benzene rings is 2. The lowest BCUT2D eigenvalue weighted by Gasteiger charge is -2.20. The summed E-state index contributed by atoms with van der Waals surface area (Å²) in [5.41, 5.74) is 4.15. The lowest BCUT2D eigenvalue weighted by molar-refractivity contribution is 0.268. The molecule has 0 aliphatic carbocycles. The number of ether oxygens (including phenoxy) is 2. The molecule has 0 fully saturated rings. The highest BCUT2D eigenvalue weighted by molar-refractivity contribution is 6.35. The van der Waals surface area contributed by atoms with E-state index in [2.05, 4.69) is 26.0 Å². The van der Waals surface area contributed by atoms with Crippen molar-refractivity contribution in [2.24, 2.45) is 4.99 Å². The molecule has 0 atom stereocenters. The average molecular weight is 418 g/mol. The van der Waals surface area contributed by atoms with Crippen LogP contribution in [0.5, 0.6) is 11.5 Å². The summed E-state index contributed by atoms with van der Waals surface area (Å²) < 4.78 is 11.9. The van der Waals surface area contributed by atoms with Gasteiger partial charge in [0.25, 0.3) is 0 Å². The second kappa shape index (κ2) is 9.99. The second-order valence-corrected chi connectivity index (χ2v) is 7.51. The minimum atomic E-state index is 0.621. The molecule has 0 amide bonds. The molecule has 2 aromatic carbocycles. The van der Waals surface area contributed by atoms with Crippen molar-refractivity contribution in [3.05, 3.63) is 63.1 Å². The molecule has 1 aliphatic rings. The van der Waals surface area contributed by atoms with E-state index in [1.807, 2.05) is 24.3 Å². The molecule has 0 radical (unpaired) electrons. The molecule has 3 nitrogen and oxygen atoms in total. The fraction of sp³-hybridized carbons (Fsp3) is 0.348. The molecule has 0 unspecified atom stereocenters. The van der Waals surface area contributed by atoms with Gasteiger partial charge in [-0.1, -0.05) is 49.2 Å². The number of allylic oxidation sites excluding steroid dienone is 1. The zero-order valence-corrected chi connectivity index (χ0v) is 17.8. The van der Waals surface area contributed by atoms with Crippen LogP contribution in [0.2, 0.25) is 10.0 Å². The summed E-state index contributed by atoms with van der Waals surface area (Å²) in [5.74, 6) is 1.60. The Balaban J connectivity index is 1.92. The largest absolute Gasteiger partial charge is 0.490 e. The summed E-state index contributed by atoms with van der Waals surface area (Å²) >= 11 is 12.3. The fourth-order valence-electron chi connectivity index (χ4n) is 3.03. The van der Waals surface area contributed by atoms with Gasteiger partial charge in [-0.3, -0.25) is 4.99 Å². The van der Waals surface area contributed by atoms with E-state index in [1.165, 1.54) is 5.56 Å². The van der Waals surface area contributed by atoms with Crippen LogP contribution in [0.4, 0.5) is 0 Å². The van der Waals surface area contributed by atoms with Crippen LogP contribution in [0.15, 0.2) is 41.4 Å². The summed E-state index contributed by atoms with van der Waals surface area (Å²) in [6, 6.07) is 9.64. The first kappa shape index (κ1) is 20.8. The Morgan fingerprint density at radius 2 is 1.68 bits per heavy atom. The predicted octanol–water partition coefficient (Wildman–Crippen LogP) is 6.63. The van der Waals surface area contributed by atoms with E-state index in [-0.39, 0.29) is 0 Å². The molecule has 2 aromatic rings. The minimum Gasteiger partial charge on any atom is -0.490 e. The van der Waals surface area contributed by atoms with Crippen molar-refractivity contribution in [3.63, 3.8) is 0 Å². The van der Waals surface area contributed by atoms with Gasteiger partial charge in [-0.05, 0) is 60.7 Å². The van der Waals surface area contributed by atoms with Crippen LogP contribution in [-0.2, 0) is 6.42 Å². The number of fused-ring (bicyclic) bond motifs is 1. The normalized spacial score (nSPS) is 13.4. The highest BCUT2D eigenvalue weighted by Crippen LogP contribution is 2.34. The summed E-state index contributed by atoms with van der Waals surface area (Å²) in [7, 11) is 0. The van der Waals surface area contributed by atoms with Crippen molar-refractivity contribution in [3.8, 4) is 11.5 Å². The molecular weight excluding hydrogens is 393 g/mol. The average Bonchev–Trinajstić information content (AvgIpc) is 2.69. The molecule has 5 heteroatoms. The lowest BCUT2D eigenvalue weighted by Crippen LogP contribution is -2.13.